The number of ketones is 1. The summed E-state index contributed by atoms with van der Waals surface area (Å²) in [4.78, 5) is 23.8. The van der Waals surface area contributed by atoms with E-state index < -0.39 is 11.3 Å². The summed E-state index contributed by atoms with van der Waals surface area (Å²) in [5, 5.41) is -0.0717. The first-order valence-corrected chi connectivity index (χ1v) is 7.11. The predicted octanol–water partition coefficient (Wildman–Crippen LogP) is 3.57. The maximum Gasteiger partial charge on any atom is 0.338 e. The van der Waals surface area contributed by atoms with Crippen LogP contribution in [0.1, 0.15) is 40.1 Å². The SMILES string of the molecule is CCOC(=O)c1cc(CBr)ccc1C(=O)C(C)Cl. The molecule has 0 aliphatic carbocycles. The van der Waals surface area contributed by atoms with Gasteiger partial charge in [-0.15, -0.1) is 11.6 Å². The Morgan fingerprint density at radius 2 is 2.06 bits per heavy atom. The number of carbonyl (C=O) groups is 2. The summed E-state index contributed by atoms with van der Waals surface area (Å²) in [6, 6.07) is 5.05. The number of alkyl halides is 2. The van der Waals surface area contributed by atoms with Gasteiger partial charge in [0.25, 0.3) is 0 Å². The van der Waals surface area contributed by atoms with E-state index in [0.717, 1.165) is 5.56 Å². The quantitative estimate of drug-likeness (QED) is 0.470. The van der Waals surface area contributed by atoms with Gasteiger partial charge in [-0.05, 0) is 25.5 Å². The van der Waals surface area contributed by atoms with Crippen LogP contribution in [0, 0.1) is 0 Å². The molecule has 1 aromatic carbocycles. The van der Waals surface area contributed by atoms with Crippen molar-refractivity contribution < 1.29 is 14.3 Å². The highest BCUT2D eigenvalue weighted by Crippen LogP contribution is 2.19. The summed E-state index contributed by atoms with van der Waals surface area (Å²) >= 11 is 9.09. The van der Waals surface area contributed by atoms with Crippen molar-refractivity contribution in [3.63, 3.8) is 0 Å². The Balaban J connectivity index is 3.24. The third kappa shape index (κ3) is 3.56. The first-order valence-electron chi connectivity index (χ1n) is 5.55. The van der Waals surface area contributed by atoms with Crippen LogP contribution in [0.2, 0.25) is 0 Å². The van der Waals surface area contributed by atoms with E-state index in [4.69, 9.17) is 16.3 Å². The minimum atomic E-state index is -0.673. The van der Waals surface area contributed by atoms with E-state index >= 15 is 0 Å². The number of halogens is 2. The first kappa shape index (κ1) is 15.2. The molecule has 0 heterocycles. The lowest BCUT2D eigenvalue weighted by Crippen LogP contribution is -2.17. The average Bonchev–Trinajstić information content (AvgIpc) is 2.37. The summed E-state index contributed by atoms with van der Waals surface area (Å²) < 4.78 is 4.95. The molecule has 1 aromatic rings. The number of hydrogen-bond acceptors (Lipinski definition) is 3. The maximum atomic E-state index is 11.9. The van der Waals surface area contributed by atoms with Gasteiger partial charge in [0.1, 0.15) is 0 Å². The van der Waals surface area contributed by atoms with Crippen molar-refractivity contribution in [2.24, 2.45) is 0 Å². The molecule has 98 valence electrons. The Kier molecular flexibility index (Phi) is 5.82. The Morgan fingerprint density at radius 3 is 2.56 bits per heavy atom. The van der Waals surface area contributed by atoms with Crippen molar-refractivity contribution in [1.29, 1.82) is 0 Å². The van der Waals surface area contributed by atoms with Crippen molar-refractivity contribution in [1.82, 2.24) is 0 Å². The Hall–Kier alpha value is -0.870. The lowest BCUT2D eigenvalue weighted by atomic mass is 9.99. The van der Waals surface area contributed by atoms with Gasteiger partial charge in [-0.2, -0.15) is 0 Å². The molecule has 3 nitrogen and oxygen atoms in total. The van der Waals surface area contributed by atoms with E-state index in [1.54, 1.807) is 32.0 Å². The van der Waals surface area contributed by atoms with Crippen LogP contribution in [0.3, 0.4) is 0 Å². The molecule has 0 bridgehead atoms. The molecule has 0 radical (unpaired) electrons. The molecule has 0 aromatic heterocycles. The highest BCUT2D eigenvalue weighted by molar-refractivity contribution is 9.08. The van der Waals surface area contributed by atoms with Crippen molar-refractivity contribution in [2.75, 3.05) is 6.61 Å². The van der Waals surface area contributed by atoms with Crippen LogP contribution >= 0.6 is 27.5 Å². The smallest absolute Gasteiger partial charge is 0.338 e. The van der Waals surface area contributed by atoms with Gasteiger partial charge in [0.15, 0.2) is 5.78 Å². The Labute approximate surface area is 120 Å². The van der Waals surface area contributed by atoms with E-state index in [1.165, 1.54) is 0 Å². The van der Waals surface area contributed by atoms with Crippen LogP contribution in [0.25, 0.3) is 0 Å². The minimum absolute atomic E-state index is 0.265. The van der Waals surface area contributed by atoms with Crippen LogP contribution in [0.5, 0.6) is 0 Å². The molecule has 0 N–H and O–H groups in total. The molecular formula is C13H14BrClO3. The zero-order valence-electron chi connectivity index (χ0n) is 10.2. The van der Waals surface area contributed by atoms with Crippen LogP contribution < -0.4 is 0 Å². The molecule has 1 atom stereocenters. The molecule has 18 heavy (non-hydrogen) atoms. The van der Waals surface area contributed by atoms with Crippen LogP contribution in [0.15, 0.2) is 18.2 Å². The third-order valence-electron chi connectivity index (χ3n) is 2.36. The number of esters is 1. The molecule has 1 rings (SSSR count). The van der Waals surface area contributed by atoms with Gasteiger partial charge in [0.05, 0.1) is 17.5 Å². The van der Waals surface area contributed by atoms with Crippen molar-refractivity contribution in [3.8, 4) is 0 Å². The maximum absolute atomic E-state index is 11.9. The Morgan fingerprint density at radius 1 is 1.39 bits per heavy atom. The van der Waals surface area contributed by atoms with E-state index in [1.807, 2.05) is 0 Å². The van der Waals surface area contributed by atoms with Gasteiger partial charge in [-0.1, -0.05) is 28.1 Å². The second kappa shape index (κ2) is 6.90. The van der Waals surface area contributed by atoms with Crippen molar-refractivity contribution in [2.45, 2.75) is 24.6 Å². The van der Waals surface area contributed by atoms with Crippen LogP contribution in [0.4, 0.5) is 0 Å². The van der Waals surface area contributed by atoms with E-state index in [9.17, 15) is 9.59 Å². The summed E-state index contributed by atoms with van der Waals surface area (Å²) in [5.41, 5.74) is 1.48. The topological polar surface area (TPSA) is 43.4 Å². The van der Waals surface area contributed by atoms with Gasteiger partial charge in [0, 0.05) is 10.9 Å². The minimum Gasteiger partial charge on any atom is -0.462 e. The van der Waals surface area contributed by atoms with Crippen molar-refractivity contribution >= 4 is 39.3 Å². The van der Waals surface area contributed by atoms with Crippen molar-refractivity contribution in [3.05, 3.63) is 34.9 Å². The Bertz CT molecular complexity index is 458. The second-order valence-electron chi connectivity index (χ2n) is 3.71. The normalized spacial score (nSPS) is 12.0. The highest BCUT2D eigenvalue weighted by Gasteiger charge is 2.21. The van der Waals surface area contributed by atoms with Gasteiger partial charge in [-0.25, -0.2) is 4.79 Å². The number of hydrogen-bond donors (Lipinski definition) is 0. The number of ether oxygens (including phenoxy) is 1. The average molecular weight is 334 g/mol. The summed E-state index contributed by atoms with van der Waals surface area (Å²) in [6.45, 7) is 3.57. The number of rotatable bonds is 5. The summed E-state index contributed by atoms with van der Waals surface area (Å²) in [6.07, 6.45) is 0. The molecule has 5 heteroatoms. The molecule has 0 spiro atoms. The fourth-order valence-electron chi connectivity index (χ4n) is 1.48. The molecule has 0 aliphatic heterocycles. The monoisotopic (exact) mass is 332 g/mol. The molecule has 0 fully saturated rings. The zero-order valence-corrected chi connectivity index (χ0v) is 12.5. The van der Waals surface area contributed by atoms with E-state index in [0.29, 0.717) is 10.9 Å². The first-order chi connectivity index (χ1) is 8.51. The van der Waals surface area contributed by atoms with Gasteiger partial charge >= 0.3 is 5.97 Å². The summed E-state index contributed by atoms with van der Waals surface area (Å²) in [5.74, 6) is -0.776. The van der Waals surface area contributed by atoms with Crippen LogP contribution in [-0.4, -0.2) is 23.7 Å². The zero-order chi connectivity index (χ0) is 13.7. The van der Waals surface area contributed by atoms with Gasteiger partial charge in [0.2, 0.25) is 0 Å². The van der Waals surface area contributed by atoms with E-state index in [2.05, 4.69) is 15.9 Å². The lowest BCUT2D eigenvalue weighted by molar-refractivity contribution is 0.0523. The fourth-order valence-corrected chi connectivity index (χ4v) is 1.95. The number of Topliss-reactive ketones (excluding diaryl/α,β-unsaturated/α-hetero) is 1. The number of benzene rings is 1. The van der Waals surface area contributed by atoms with Gasteiger partial charge in [-0.3, -0.25) is 4.79 Å². The molecular weight excluding hydrogens is 319 g/mol. The van der Waals surface area contributed by atoms with Crippen LogP contribution in [-0.2, 0) is 10.1 Å². The second-order valence-corrected chi connectivity index (χ2v) is 4.93. The predicted molar refractivity (Wildman–Crippen MR) is 74.7 cm³/mol. The lowest BCUT2D eigenvalue weighted by Gasteiger charge is -2.10. The van der Waals surface area contributed by atoms with Gasteiger partial charge < -0.3 is 4.74 Å². The molecule has 0 aliphatic rings. The third-order valence-corrected chi connectivity index (χ3v) is 3.21. The molecule has 0 saturated carbocycles. The molecule has 1 unspecified atom stereocenters. The fraction of sp³-hybridized carbons (Fsp3) is 0.385. The summed E-state index contributed by atoms with van der Waals surface area (Å²) in [7, 11) is 0. The molecule has 0 saturated heterocycles. The van der Waals surface area contributed by atoms with E-state index in [-0.39, 0.29) is 18.0 Å². The standard InChI is InChI=1S/C13H14BrClO3/c1-3-18-13(17)11-6-9(7-14)4-5-10(11)12(16)8(2)15/h4-6,8H,3,7H2,1-2H3. The number of carbonyl (C=O) groups excluding carboxylic acids is 2. The highest BCUT2D eigenvalue weighted by atomic mass is 79.9. The largest absolute Gasteiger partial charge is 0.462 e. The molecule has 0 amide bonds.